The van der Waals surface area contributed by atoms with E-state index in [4.69, 9.17) is 0 Å². The van der Waals surface area contributed by atoms with E-state index in [1.165, 1.54) is 22.5 Å². The lowest BCUT2D eigenvalue weighted by molar-refractivity contribution is 0.724. The molecule has 0 unspecified atom stereocenters. The van der Waals surface area contributed by atoms with Gasteiger partial charge in [-0.05, 0) is 50.1 Å². The highest BCUT2D eigenvalue weighted by Gasteiger charge is 2.02. The van der Waals surface area contributed by atoms with E-state index < -0.39 is 0 Å². The van der Waals surface area contributed by atoms with Gasteiger partial charge in [0.05, 0.1) is 6.54 Å². The van der Waals surface area contributed by atoms with Crippen LogP contribution in [0, 0.1) is 13.8 Å². The zero-order chi connectivity index (χ0) is 12.3. The topological polar surface area (TPSA) is 17.0 Å². The van der Waals surface area contributed by atoms with E-state index in [1.807, 2.05) is 0 Å². The van der Waals surface area contributed by atoms with Crippen molar-refractivity contribution in [2.75, 3.05) is 5.32 Å². The van der Waals surface area contributed by atoms with E-state index >= 15 is 0 Å². The van der Waals surface area contributed by atoms with E-state index in [-0.39, 0.29) is 0 Å². The monoisotopic (exact) mass is 228 g/mol. The molecule has 0 aliphatic heterocycles. The Morgan fingerprint density at radius 1 is 1.12 bits per heavy atom. The Balaban J connectivity index is 2.10. The molecule has 90 valence electrons. The van der Waals surface area contributed by atoms with Crippen LogP contribution in [0.15, 0.2) is 36.5 Å². The summed E-state index contributed by atoms with van der Waals surface area (Å²) in [5.41, 5.74) is 5.23. The molecule has 2 aromatic rings. The van der Waals surface area contributed by atoms with E-state index in [0.29, 0.717) is 0 Å². The van der Waals surface area contributed by atoms with Crippen LogP contribution in [-0.4, -0.2) is 4.57 Å². The molecule has 0 aliphatic rings. The normalized spacial score (nSPS) is 10.5. The fourth-order valence-corrected chi connectivity index (χ4v) is 2.05. The Hall–Kier alpha value is -1.70. The molecule has 1 N–H and O–H groups in total. The SMILES string of the molecule is CCn1cccc1CNc1cccc(C)c1C. The van der Waals surface area contributed by atoms with Crippen molar-refractivity contribution in [2.45, 2.75) is 33.9 Å². The van der Waals surface area contributed by atoms with Crippen LogP contribution in [0.5, 0.6) is 0 Å². The molecule has 0 atom stereocenters. The Morgan fingerprint density at radius 2 is 1.94 bits per heavy atom. The first-order valence-electron chi connectivity index (χ1n) is 6.16. The lowest BCUT2D eigenvalue weighted by Gasteiger charge is -2.12. The van der Waals surface area contributed by atoms with Gasteiger partial charge in [-0.25, -0.2) is 0 Å². The van der Waals surface area contributed by atoms with Crippen molar-refractivity contribution < 1.29 is 0 Å². The van der Waals surface area contributed by atoms with Gasteiger partial charge in [-0.3, -0.25) is 0 Å². The molecule has 0 saturated heterocycles. The van der Waals surface area contributed by atoms with E-state index in [1.54, 1.807) is 0 Å². The van der Waals surface area contributed by atoms with Crippen LogP contribution in [0.1, 0.15) is 23.7 Å². The summed E-state index contributed by atoms with van der Waals surface area (Å²) in [5, 5.41) is 3.51. The average molecular weight is 228 g/mol. The maximum atomic E-state index is 3.51. The highest BCUT2D eigenvalue weighted by atomic mass is 15.0. The lowest BCUT2D eigenvalue weighted by atomic mass is 10.1. The van der Waals surface area contributed by atoms with Gasteiger partial charge < -0.3 is 9.88 Å². The number of anilines is 1. The van der Waals surface area contributed by atoms with Gasteiger partial charge in [0.1, 0.15) is 0 Å². The Kier molecular flexibility index (Phi) is 3.52. The Labute approximate surface area is 103 Å². The quantitative estimate of drug-likeness (QED) is 0.843. The van der Waals surface area contributed by atoms with E-state index in [0.717, 1.165) is 13.1 Å². The maximum Gasteiger partial charge on any atom is 0.0553 e. The number of nitrogens with one attached hydrogen (secondary N) is 1. The molecule has 2 nitrogen and oxygen atoms in total. The van der Waals surface area contributed by atoms with Crippen molar-refractivity contribution in [1.82, 2.24) is 4.57 Å². The number of aryl methyl sites for hydroxylation is 2. The van der Waals surface area contributed by atoms with E-state index in [9.17, 15) is 0 Å². The fourth-order valence-electron chi connectivity index (χ4n) is 2.05. The van der Waals surface area contributed by atoms with Crippen LogP contribution in [-0.2, 0) is 13.1 Å². The van der Waals surface area contributed by atoms with Gasteiger partial charge in [0.15, 0.2) is 0 Å². The summed E-state index contributed by atoms with van der Waals surface area (Å²) in [5.74, 6) is 0. The Morgan fingerprint density at radius 3 is 2.71 bits per heavy atom. The fraction of sp³-hybridized carbons (Fsp3) is 0.333. The predicted octanol–water partition coefficient (Wildman–Crippen LogP) is 3.74. The standard InChI is InChI=1S/C15H20N2/c1-4-17-10-6-8-14(17)11-16-15-9-5-7-12(2)13(15)3/h5-10,16H,4,11H2,1-3H3. The summed E-state index contributed by atoms with van der Waals surface area (Å²) in [6.07, 6.45) is 2.13. The van der Waals surface area contributed by atoms with Crippen LogP contribution >= 0.6 is 0 Å². The minimum Gasteiger partial charge on any atom is -0.379 e. The van der Waals surface area contributed by atoms with Crippen LogP contribution in [0.4, 0.5) is 5.69 Å². The molecule has 0 saturated carbocycles. The average Bonchev–Trinajstić information content (AvgIpc) is 2.78. The molecule has 0 amide bonds. The van der Waals surface area contributed by atoms with Crippen molar-refractivity contribution in [3.63, 3.8) is 0 Å². The third-order valence-electron chi connectivity index (χ3n) is 3.33. The second kappa shape index (κ2) is 5.09. The molecule has 1 aromatic carbocycles. The van der Waals surface area contributed by atoms with Crippen molar-refractivity contribution in [3.05, 3.63) is 53.3 Å². The molecule has 0 radical (unpaired) electrons. The first-order valence-corrected chi connectivity index (χ1v) is 6.16. The zero-order valence-electron chi connectivity index (χ0n) is 10.8. The predicted molar refractivity (Wildman–Crippen MR) is 73.3 cm³/mol. The lowest BCUT2D eigenvalue weighted by Crippen LogP contribution is -2.07. The van der Waals surface area contributed by atoms with Crippen LogP contribution in [0.25, 0.3) is 0 Å². The molecule has 1 heterocycles. The van der Waals surface area contributed by atoms with Crippen molar-refractivity contribution in [3.8, 4) is 0 Å². The summed E-state index contributed by atoms with van der Waals surface area (Å²) in [6.45, 7) is 8.38. The smallest absolute Gasteiger partial charge is 0.0553 e. The minimum atomic E-state index is 0.880. The maximum absolute atomic E-state index is 3.51. The summed E-state index contributed by atoms with van der Waals surface area (Å²) in [6, 6.07) is 10.7. The minimum absolute atomic E-state index is 0.880. The van der Waals surface area contributed by atoms with E-state index in [2.05, 4.69) is 67.2 Å². The zero-order valence-corrected chi connectivity index (χ0v) is 10.8. The molecule has 17 heavy (non-hydrogen) atoms. The van der Waals surface area contributed by atoms with Crippen molar-refractivity contribution in [2.24, 2.45) is 0 Å². The second-order valence-corrected chi connectivity index (χ2v) is 4.39. The van der Waals surface area contributed by atoms with Gasteiger partial charge >= 0.3 is 0 Å². The summed E-state index contributed by atoms with van der Waals surface area (Å²) < 4.78 is 2.26. The number of rotatable bonds is 4. The summed E-state index contributed by atoms with van der Waals surface area (Å²) in [7, 11) is 0. The highest BCUT2D eigenvalue weighted by Crippen LogP contribution is 2.18. The molecule has 0 aliphatic carbocycles. The number of hydrogen-bond acceptors (Lipinski definition) is 1. The number of aromatic nitrogens is 1. The third-order valence-corrected chi connectivity index (χ3v) is 3.33. The summed E-state index contributed by atoms with van der Waals surface area (Å²) >= 11 is 0. The van der Waals surface area contributed by atoms with Crippen molar-refractivity contribution >= 4 is 5.69 Å². The van der Waals surface area contributed by atoms with Gasteiger partial charge in [-0.15, -0.1) is 0 Å². The molecule has 2 rings (SSSR count). The first kappa shape index (κ1) is 11.8. The summed E-state index contributed by atoms with van der Waals surface area (Å²) in [4.78, 5) is 0. The molecule has 0 bridgehead atoms. The van der Waals surface area contributed by atoms with Crippen LogP contribution < -0.4 is 5.32 Å². The van der Waals surface area contributed by atoms with Crippen molar-refractivity contribution in [1.29, 1.82) is 0 Å². The second-order valence-electron chi connectivity index (χ2n) is 4.39. The van der Waals surface area contributed by atoms with Gasteiger partial charge in [-0.1, -0.05) is 12.1 Å². The van der Waals surface area contributed by atoms with Gasteiger partial charge in [0.25, 0.3) is 0 Å². The first-order chi connectivity index (χ1) is 8.22. The number of nitrogens with zero attached hydrogens (tertiary/aromatic N) is 1. The molecular weight excluding hydrogens is 208 g/mol. The number of benzene rings is 1. The molecule has 2 heteroatoms. The molecule has 0 fully saturated rings. The number of hydrogen-bond donors (Lipinski definition) is 1. The largest absolute Gasteiger partial charge is 0.379 e. The Bertz CT molecular complexity index is 497. The molecule has 1 aromatic heterocycles. The van der Waals surface area contributed by atoms with Crippen LogP contribution in [0.2, 0.25) is 0 Å². The third kappa shape index (κ3) is 2.52. The van der Waals surface area contributed by atoms with Gasteiger partial charge in [0.2, 0.25) is 0 Å². The molecule has 0 spiro atoms. The van der Waals surface area contributed by atoms with Gasteiger partial charge in [-0.2, -0.15) is 0 Å². The molecular formula is C15H20N2. The van der Waals surface area contributed by atoms with Crippen LogP contribution in [0.3, 0.4) is 0 Å². The highest BCUT2D eigenvalue weighted by molar-refractivity contribution is 5.53. The van der Waals surface area contributed by atoms with Gasteiger partial charge in [0, 0.05) is 24.1 Å².